The molecular formula is C18H15N3O3. The molecule has 0 fully saturated rings. The van der Waals surface area contributed by atoms with Gasteiger partial charge in [-0.1, -0.05) is 12.1 Å². The first-order valence-electron chi connectivity index (χ1n) is 7.45. The molecule has 0 saturated heterocycles. The summed E-state index contributed by atoms with van der Waals surface area (Å²) in [5, 5.41) is 11.5. The summed E-state index contributed by atoms with van der Waals surface area (Å²) in [4.78, 5) is 25.9. The van der Waals surface area contributed by atoms with Crippen molar-refractivity contribution in [3.8, 4) is 11.8 Å². The van der Waals surface area contributed by atoms with Crippen LogP contribution in [0, 0.1) is 11.3 Å². The highest BCUT2D eigenvalue weighted by molar-refractivity contribution is 6.10. The van der Waals surface area contributed by atoms with Crippen LogP contribution in [-0.2, 0) is 9.59 Å². The van der Waals surface area contributed by atoms with Crippen LogP contribution in [0.3, 0.4) is 0 Å². The second-order valence-corrected chi connectivity index (χ2v) is 5.39. The third kappa shape index (κ3) is 3.06. The van der Waals surface area contributed by atoms with E-state index in [4.69, 9.17) is 10.00 Å². The van der Waals surface area contributed by atoms with Gasteiger partial charge in [0.1, 0.15) is 12.3 Å². The van der Waals surface area contributed by atoms with Crippen LogP contribution in [0.25, 0.3) is 0 Å². The molecule has 1 atom stereocenters. The minimum atomic E-state index is -0.767. The number of benzene rings is 2. The molecule has 6 heteroatoms. The van der Waals surface area contributed by atoms with Crippen LogP contribution in [0.5, 0.6) is 5.75 Å². The Balaban J connectivity index is 1.78. The van der Waals surface area contributed by atoms with Gasteiger partial charge in [0, 0.05) is 0 Å². The fourth-order valence-electron chi connectivity index (χ4n) is 2.51. The fourth-order valence-corrected chi connectivity index (χ4v) is 2.51. The highest BCUT2D eigenvalue weighted by atomic mass is 16.5. The molecule has 1 aliphatic rings. The van der Waals surface area contributed by atoms with E-state index in [9.17, 15) is 9.59 Å². The molecule has 1 unspecified atom stereocenters. The normalized spacial score (nSPS) is 14.2. The smallest absolute Gasteiger partial charge is 0.268 e. The fraction of sp³-hybridized carbons (Fsp3) is 0.167. The number of nitrogens with zero attached hydrogens (tertiary/aromatic N) is 2. The zero-order chi connectivity index (χ0) is 17.1. The van der Waals surface area contributed by atoms with Crippen molar-refractivity contribution in [1.82, 2.24) is 0 Å². The molecule has 0 aromatic heterocycles. The van der Waals surface area contributed by atoms with E-state index < -0.39 is 6.10 Å². The Morgan fingerprint density at radius 3 is 2.67 bits per heavy atom. The number of fused-ring (bicyclic) bond motifs is 1. The van der Waals surface area contributed by atoms with Crippen LogP contribution in [-0.4, -0.2) is 24.5 Å². The van der Waals surface area contributed by atoms with Crippen LogP contribution < -0.4 is 15.0 Å². The number of hydrogen-bond donors (Lipinski definition) is 1. The SMILES string of the molecule is CC(Oc1ccc(C#N)cc1)C(=O)N1CC(=O)Nc2ccccc21. The van der Waals surface area contributed by atoms with Gasteiger partial charge in [-0.05, 0) is 43.3 Å². The number of nitriles is 1. The summed E-state index contributed by atoms with van der Waals surface area (Å²) >= 11 is 0. The Bertz CT molecular complexity index is 824. The van der Waals surface area contributed by atoms with Crippen LogP contribution in [0.1, 0.15) is 12.5 Å². The molecule has 2 aromatic carbocycles. The van der Waals surface area contributed by atoms with Crippen molar-refractivity contribution in [2.45, 2.75) is 13.0 Å². The summed E-state index contributed by atoms with van der Waals surface area (Å²) in [5.41, 5.74) is 1.77. The van der Waals surface area contributed by atoms with E-state index in [-0.39, 0.29) is 18.4 Å². The van der Waals surface area contributed by atoms with Gasteiger partial charge in [-0.15, -0.1) is 0 Å². The molecule has 1 heterocycles. The zero-order valence-electron chi connectivity index (χ0n) is 13.0. The van der Waals surface area contributed by atoms with Gasteiger partial charge in [0.15, 0.2) is 6.10 Å². The van der Waals surface area contributed by atoms with Crippen molar-refractivity contribution >= 4 is 23.2 Å². The molecule has 0 bridgehead atoms. The molecule has 6 nitrogen and oxygen atoms in total. The first-order valence-corrected chi connectivity index (χ1v) is 7.45. The number of amides is 2. The number of para-hydroxylation sites is 2. The van der Waals surface area contributed by atoms with Crippen molar-refractivity contribution in [2.75, 3.05) is 16.8 Å². The average Bonchev–Trinajstić information content (AvgIpc) is 2.61. The monoisotopic (exact) mass is 321 g/mol. The van der Waals surface area contributed by atoms with Crippen molar-refractivity contribution in [2.24, 2.45) is 0 Å². The van der Waals surface area contributed by atoms with Gasteiger partial charge in [-0.2, -0.15) is 5.26 Å². The minimum absolute atomic E-state index is 0.0447. The number of carbonyl (C=O) groups is 2. The van der Waals surface area contributed by atoms with Gasteiger partial charge in [0.25, 0.3) is 5.91 Å². The van der Waals surface area contributed by atoms with Crippen LogP contribution >= 0.6 is 0 Å². The van der Waals surface area contributed by atoms with Crippen LogP contribution in [0.2, 0.25) is 0 Å². The lowest BCUT2D eigenvalue weighted by atomic mass is 10.1. The maximum atomic E-state index is 12.7. The lowest BCUT2D eigenvalue weighted by Gasteiger charge is -2.31. The second kappa shape index (κ2) is 6.42. The van der Waals surface area contributed by atoms with E-state index in [0.717, 1.165) is 0 Å². The van der Waals surface area contributed by atoms with Crippen molar-refractivity contribution in [3.05, 3.63) is 54.1 Å². The molecule has 24 heavy (non-hydrogen) atoms. The van der Waals surface area contributed by atoms with Crippen LogP contribution in [0.4, 0.5) is 11.4 Å². The van der Waals surface area contributed by atoms with Gasteiger partial charge < -0.3 is 10.1 Å². The topological polar surface area (TPSA) is 82.4 Å². The summed E-state index contributed by atoms with van der Waals surface area (Å²) in [6.07, 6.45) is -0.767. The molecule has 1 N–H and O–H groups in total. The van der Waals surface area contributed by atoms with E-state index in [1.54, 1.807) is 49.4 Å². The van der Waals surface area contributed by atoms with Gasteiger partial charge >= 0.3 is 0 Å². The average molecular weight is 321 g/mol. The summed E-state index contributed by atoms with van der Waals surface area (Å²) in [5.74, 6) is -0.0566. The van der Waals surface area contributed by atoms with Gasteiger partial charge in [0.05, 0.1) is 23.0 Å². The minimum Gasteiger partial charge on any atom is -0.481 e. The molecule has 120 valence electrons. The molecule has 3 rings (SSSR count). The molecule has 0 saturated carbocycles. The molecule has 0 radical (unpaired) electrons. The Kier molecular flexibility index (Phi) is 4.17. The van der Waals surface area contributed by atoms with Crippen molar-refractivity contribution in [1.29, 1.82) is 5.26 Å². The molecule has 0 spiro atoms. The zero-order valence-corrected chi connectivity index (χ0v) is 13.0. The number of anilines is 2. The lowest BCUT2D eigenvalue weighted by Crippen LogP contribution is -2.47. The van der Waals surface area contributed by atoms with E-state index in [2.05, 4.69) is 5.32 Å². The highest BCUT2D eigenvalue weighted by Crippen LogP contribution is 2.29. The Hall–Kier alpha value is -3.33. The standard InChI is InChI=1S/C18H15N3O3/c1-12(24-14-8-6-13(10-19)7-9-14)18(23)21-11-17(22)20-15-4-2-3-5-16(15)21/h2-9,12H,11H2,1H3,(H,20,22). The Labute approximate surface area is 139 Å². The van der Waals surface area contributed by atoms with Gasteiger partial charge in [-0.25, -0.2) is 0 Å². The Morgan fingerprint density at radius 2 is 1.96 bits per heavy atom. The van der Waals surface area contributed by atoms with Crippen molar-refractivity contribution in [3.63, 3.8) is 0 Å². The van der Waals surface area contributed by atoms with E-state index in [1.807, 2.05) is 12.1 Å². The summed E-state index contributed by atoms with van der Waals surface area (Å²) < 4.78 is 5.65. The summed E-state index contributed by atoms with van der Waals surface area (Å²) in [6, 6.07) is 15.7. The maximum absolute atomic E-state index is 12.7. The summed E-state index contributed by atoms with van der Waals surface area (Å²) in [6.45, 7) is 1.59. The van der Waals surface area contributed by atoms with Crippen molar-refractivity contribution < 1.29 is 14.3 Å². The number of hydrogen-bond acceptors (Lipinski definition) is 4. The van der Waals surface area contributed by atoms with Gasteiger partial charge in [-0.3, -0.25) is 14.5 Å². The van der Waals surface area contributed by atoms with E-state index in [0.29, 0.717) is 22.7 Å². The molecule has 0 aliphatic carbocycles. The largest absolute Gasteiger partial charge is 0.481 e. The molecular weight excluding hydrogens is 306 g/mol. The predicted octanol–water partition coefficient (Wildman–Crippen LogP) is 2.31. The van der Waals surface area contributed by atoms with Gasteiger partial charge in [0.2, 0.25) is 5.91 Å². The molecule has 2 amide bonds. The Morgan fingerprint density at radius 1 is 1.25 bits per heavy atom. The summed E-state index contributed by atoms with van der Waals surface area (Å²) in [7, 11) is 0. The predicted molar refractivity (Wildman–Crippen MR) is 88.7 cm³/mol. The third-order valence-electron chi connectivity index (χ3n) is 3.68. The highest BCUT2D eigenvalue weighted by Gasteiger charge is 2.30. The second-order valence-electron chi connectivity index (χ2n) is 5.39. The first kappa shape index (κ1) is 15.6. The van der Waals surface area contributed by atoms with Crippen LogP contribution in [0.15, 0.2) is 48.5 Å². The van der Waals surface area contributed by atoms with E-state index in [1.165, 1.54) is 4.90 Å². The number of ether oxygens (including phenoxy) is 1. The molecule has 2 aromatic rings. The first-order chi connectivity index (χ1) is 11.6. The molecule has 1 aliphatic heterocycles. The third-order valence-corrected chi connectivity index (χ3v) is 3.68. The maximum Gasteiger partial charge on any atom is 0.268 e. The number of rotatable bonds is 3. The van der Waals surface area contributed by atoms with E-state index >= 15 is 0 Å². The lowest BCUT2D eigenvalue weighted by molar-refractivity contribution is -0.126. The number of nitrogens with one attached hydrogen (secondary N) is 1. The number of carbonyl (C=O) groups excluding carboxylic acids is 2. The quantitative estimate of drug-likeness (QED) is 0.940.